The summed E-state index contributed by atoms with van der Waals surface area (Å²) in [6.07, 6.45) is 1.66. The van der Waals surface area contributed by atoms with Gasteiger partial charge in [-0.3, -0.25) is 0 Å². The van der Waals surface area contributed by atoms with Gasteiger partial charge in [0.05, 0.1) is 6.20 Å². The van der Waals surface area contributed by atoms with E-state index in [1.807, 2.05) is 12.1 Å². The van der Waals surface area contributed by atoms with E-state index < -0.39 is 0 Å². The Bertz CT molecular complexity index is 670. The van der Waals surface area contributed by atoms with Gasteiger partial charge in [0.25, 0.3) is 0 Å². The molecule has 0 aliphatic heterocycles. The van der Waals surface area contributed by atoms with Gasteiger partial charge >= 0.3 is 0 Å². The molecule has 0 spiro atoms. The molecule has 0 bridgehead atoms. The molecule has 0 amide bonds. The highest BCUT2D eigenvalue weighted by atomic mass is 16.5. The minimum absolute atomic E-state index is 0.416. The number of rotatable bonds is 4. The van der Waals surface area contributed by atoms with Crippen LogP contribution in [-0.2, 0) is 6.61 Å². The zero-order valence-electron chi connectivity index (χ0n) is 11.0. The number of ether oxygens (including phenoxy) is 1. The maximum absolute atomic E-state index is 5.69. The zero-order chi connectivity index (χ0) is 13.2. The molecule has 3 aromatic rings. The van der Waals surface area contributed by atoms with Crippen LogP contribution in [0.3, 0.4) is 0 Å². The van der Waals surface area contributed by atoms with Gasteiger partial charge in [-0.25, -0.2) is 0 Å². The van der Waals surface area contributed by atoms with E-state index in [1.54, 1.807) is 6.20 Å². The fraction of sp³-hybridized carbons (Fsp3) is 0.286. The standard InChI is InChI=1S/C14H16N4O/c1-9(2)13-5-10-3-4-12(6-14(10)16-13)19-8-11-7-15-18-17-11/h3-7,9,16H,8H2,1-2H3,(H,15,17,18). The van der Waals surface area contributed by atoms with Crippen molar-refractivity contribution in [1.29, 1.82) is 0 Å². The summed E-state index contributed by atoms with van der Waals surface area (Å²) in [5.74, 6) is 1.32. The summed E-state index contributed by atoms with van der Waals surface area (Å²) in [7, 11) is 0. The Kier molecular flexibility index (Phi) is 2.95. The van der Waals surface area contributed by atoms with Crippen molar-refractivity contribution in [2.75, 3.05) is 0 Å². The van der Waals surface area contributed by atoms with Gasteiger partial charge in [0.15, 0.2) is 0 Å². The topological polar surface area (TPSA) is 66.6 Å². The van der Waals surface area contributed by atoms with Crippen LogP contribution < -0.4 is 4.74 Å². The van der Waals surface area contributed by atoms with Gasteiger partial charge in [-0.1, -0.05) is 13.8 Å². The Labute approximate surface area is 111 Å². The van der Waals surface area contributed by atoms with Crippen LogP contribution in [0.4, 0.5) is 0 Å². The van der Waals surface area contributed by atoms with E-state index in [4.69, 9.17) is 4.74 Å². The van der Waals surface area contributed by atoms with Crippen molar-refractivity contribution in [2.24, 2.45) is 0 Å². The second-order valence-corrected chi connectivity index (χ2v) is 4.88. The third-order valence-corrected chi connectivity index (χ3v) is 3.09. The summed E-state index contributed by atoms with van der Waals surface area (Å²) in [4.78, 5) is 3.41. The molecule has 3 rings (SSSR count). The van der Waals surface area contributed by atoms with E-state index in [-0.39, 0.29) is 0 Å². The quantitative estimate of drug-likeness (QED) is 0.754. The Morgan fingerprint density at radius 1 is 1.26 bits per heavy atom. The number of hydrogen-bond donors (Lipinski definition) is 2. The summed E-state index contributed by atoms with van der Waals surface area (Å²) in [5.41, 5.74) is 3.12. The van der Waals surface area contributed by atoms with E-state index in [0.717, 1.165) is 17.0 Å². The fourth-order valence-electron chi connectivity index (χ4n) is 1.98. The van der Waals surface area contributed by atoms with Gasteiger partial charge in [-0.05, 0) is 29.5 Å². The molecule has 1 aromatic carbocycles. The largest absolute Gasteiger partial charge is 0.487 e. The van der Waals surface area contributed by atoms with Crippen molar-refractivity contribution < 1.29 is 4.74 Å². The highest BCUT2D eigenvalue weighted by molar-refractivity contribution is 5.82. The lowest BCUT2D eigenvalue weighted by Crippen LogP contribution is -1.95. The SMILES string of the molecule is CC(C)c1cc2ccc(OCc3cn[nH]n3)cc2[nH]1. The van der Waals surface area contributed by atoms with Crippen LogP contribution in [0.15, 0.2) is 30.5 Å². The minimum atomic E-state index is 0.416. The average molecular weight is 256 g/mol. The second-order valence-electron chi connectivity index (χ2n) is 4.88. The van der Waals surface area contributed by atoms with Gasteiger partial charge in [0, 0.05) is 17.3 Å². The number of aromatic nitrogens is 4. The van der Waals surface area contributed by atoms with E-state index in [1.165, 1.54) is 11.1 Å². The van der Waals surface area contributed by atoms with Crippen LogP contribution in [-0.4, -0.2) is 20.4 Å². The highest BCUT2D eigenvalue weighted by Gasteiger charge is 2.06. The fourth-order valence-corrected chi connectivity index (χ4v) is 1.98. The molecule has 19 heavy (non-hydrogen) atoms. The van der Waals surface area contributed by atoms with E-state index in [0.29, 0.717) is 12.5 Å². The smallest absolute Gasteiger partial charge is 0.134 e. The molecule has 0 unspecified atom stereocenters. The first-order valence-corrected chi connectivity index (χ1v) is 6.32. The predicted molar refractivity (Wildman–Crippen MR) is 73.1 cm³/mol. The van der Waals surface area contributed by atoms with Crippen LogP contribution in [0, 0.1) is 0 Å². The Hall–Kier alpha value is -2.30. The first kappa shape index (κ1) is 11.8. The van der Waals surface area contributed by atoms with Gasteiger partial charge in [-0.15, -0.1) is 0 Å². The van der Waals surface area contributed by atoms with Gasteiger partial charge in [0.2, 0.25) is 0 Å². The molecule has 0 fully saturated rings. The molecule has 0 aliphatic carbocycles. The molecule has 0 saturated carbocycles. The van der Waals surface area contributed by atoms with Crippen molar-refractivity contribution >= 4 is 10.9 Å². The van der Waals surface area contributed by atoms with Crippen LogP contribution >= 0.6 is 0 Å². The predicted octanol–water partition coefficient (Wildman–Crippen LogP) is 2.99. The monoisotopic (exact) mass is 256 g/mol. The number of fused-ring (bicyclic) bond motifs is 1. The second kappa shape index (κ2) is 4.76. The van der Waals surface area contributed by atoms with Crippen LogP contribution in [0.2, 0.25) is 0 Å². The van der Waals surface area contributed by atoms with E-state index in [2.05, 4.69) is 46.4 Å². The summed E-state index contributed by atoms with van der Waals surface area (Å²) >= 11 is 0. The van der Waals surface area contributed by atoms with E-state index in [9.17, 15) is 0 Å². The number of benzene rings is 1. The molecule has 2 aromatic heterocycles. The Morgan fingerprint density at radius 3 is 2.89 bits per heavy atom. The first-order valence-electron chi connectivity index (χ1n) is 6.32. The molecule has 98 valence electrons. The minimum Gasteiger partial charge on any atom is -0.487 e. The van der Waals surface area contributed by atoms with Crippen molar-refractivity contribution in [1.82, 2.24) is 20.4 Å². The summed E-state index contributed by atoms with van der Waals surface area (Å²) < 4.78 is 5.69. The number of hydrogen-bond acceptors (Lipinski definition) is 3. The third-order valence-electron chi connectivity index (χ3n) is 3.09. The van der Waals surface area contributed by atoms with Gasteiger partial charge in [0.1, 0.15) is 18.1 Å². The van der Waals surface area contributed by atoms with Crippen LogP contribution in [0.1, 0.15) is 31.2 Å². The van der Waals surface area contributed by atoms with Crippen molar-refractivity contribution in [3.63, 3.8) is 0 Å². The summed E-state index contributed by atoms with van der Waals surface area (Å²) in [6.45, 7) is 4.76. The maximum atomic E-state index is 5.69. The maximum Gasteiger partial charge on any atom is 0.134 e. The van der Waals surface area contributed by atoms with Crippen LogP contribution in [0.5, 0.6) is 5.75 Å². The first-order chi connectivity index (χ1) is 9.22. The number of nitrogens with zero attached hydrogens (tertiary/aromatic N) is 2. The van der Waals surface area contributed by atoms with Crippen molar-refractivity contribution in [3.05, 3.63) is 41.9 Å². The summed E-state index contributed by atoms with van der Waals surface area (Å²) in [5, 5.41) is 11.5. The van der Waals surface area contributed by atoms with E-state index >= 15 is 0 Å². The van der Waals surface area contributed by atoms with Crippen molar-refractivity contribution in [3.8, 4) is 5.75 Å². The number of aromatic amines is 2. The number of H-pyrrole nitrogens is 2. The lowest BCUT2D eigenvalue weighted by Gasteiger charge is -2.03. The molecule has 5 nitrogen and oxygen atoms in total. The lowest BCUT2D eigenvalue weighted by atomic mass is 10.1. The Balaban J connectivity index is 1.80. The number of nitrogens with one attached hydrogen (secondary N) is 2. The normalized spacial score (nSPS) is 11.3. The molecule has 2 heterocycles. The molecule has 2 N–H and O–H groups in total. The van der Waals surface area contributed by atoms with Gasteiger partial charge < -0.3 is 9.72 Å². The lowest BCUT2D eigenvalue weighted by molar-refractivity contribution is 0.301. The van der Waals surface area contributed by atoms with Gasteiger partial charge in [-0.2, -0.15) is 15.4 Å². The molecule has 0 radical (unpaired) electrons. The molecule has 0 aliphatic rings. The third kappa shape index (κ3) is 2.45. The molecular weight excluding hydrogens is 240 g/mol. The average Bonchev–Trinajstić information content (AvgIpc) is 3.04. The molecule has 5 heteroatoms. The molecule has 0 atom stereocenters. The molecule has 0 saturated heterocycles. The van der Waals surface area contributed by atoms with Crippen LogP contribution in [0.25, 0.3) is 10.9 Å². The zero-order valence-corrected chi connectivity index (χ0v) is 11.0. The van der Waals surface area contributed by atoms with Crippen molar-refractivity contribution in [2.45, 2.75) is 26.4 Å². The summed E-state index contributed by atoms with van der Waals surface area (Å²) in [6, 6.07) is 8.24. The Morgan fingerprint density at radius 2 is 2.16 bits per heavy atom. The molecular formula is C14H16N4O. The highest BCUT2D eigenvalue weighted by Crippen LogP contribution is 2.25.